The van der Waals surface area contributed by atoms with E-state index in [0.717, 1.165) is 0 Å². The summed E-state index contributed by atoms with van der Waals surface area (Å²) in [7, 11) is 1.17. The predicted octanol–water partition coefficient (Wildman–Crippen LogP) is 1.35. The largest absolute Gasteiger partial charge is 0.475 e. The van der Waals surface area contributed by atoms with Crippen molar-refractivity contribution in [3.05, 3.63) is 33.9 Å². The first kappa shape index (κ1) is 13.6. The monoisotopic (exact) mass is 253 g/mol. The highest BCUT2D eigenvalue weighted by Crippen LogP contribution is 2.31. The van der Waals surface area contributed by atoms with E-state index >= 15 is 0 Å². The standard InChI is InChI=1S/C11H11NO6/c1-7(13)8-4-3-5-9(11(8)12(15)16)18-6-10(14)17-2/h3-5H,6H2,1-2H3. The van der Waals surface area contributed by atoms with Gasteiger partial charge in [-0.3, -0.25) is 14.9 Å². The fraction of sp³-hybridized carbons (Fsp3) is 0.273. The molecule has 0 aromatic heterocycles. The summed E-state index contributed by atoms with van der Waals surface area (Å²) >= 11 is 0. The Morgan fingerprint density at radius 1 is 1.39 bits per heavy atom. The van der Waals surface area contributed by atoms with E-state index in [2.05, 4.69) is 4.74 Å². The highest BCUT2D eigenvalue weighted by molar-refractivity contribution is 5.99. The number of nitrogens with zero attached hydrogens (tertiary/aromatic N) is 1. The summed E-state index contributed by atoms with van der Waals surface area (Å²) < 4.78 is 9.32. The van der Waals surface area contributed by atoms with Crippen molar-refractivity contribution in [3.8, 4) is 5.75 Å². The molecule has 0 saturated carbocycles. The molecule has 0 aliphatic rings. The van der Waals surface area contributed by atoms with Crippen molar-refractivity contribution in [2.75, 3.05) is 13.7 Å². The maximum Gasteiger partial charge on any atom is 0.343 e. The van der Waals surface area contributed by atoms with Gasteiger partial charge >= 0.3 is 11.7 Å². The lowest BCUT2D eigenvalue weighted by atomic mass is 10.1. The van der Waals surface area contributed by atoms with Crippen molar-refractivity contribution in [3.63, 3.8) is 0 Å². The first-order valence-corrected chi connectivity index (χ1v) is 4.95. The summed E-state index contributed by atoms with van der Waals surface area (Å²) in [5.41, 5.74) is -0.517. The van der Waals surface area contributed by atoms with Gasteiger partial charge in [-0.15, -0.1) is 0 Å². The molecule has 0 heterocycles. The Bertz CT molecular complexity index is 496. The predicted molar refractivity (Wildman–Crippen MR) is 60.6 cm³/mol. The Kier molecular flexibility index (Phi) is 4.36. The van der Waals surface area contributed by atoms with Gasteiger partial charge in [-0.1, -0.05) is 6.07 Å². The second-order valence-electron chi connectivity index (χ2n) is 3.33. The molecule has 1 rings (SSSR count). The van der Waals surface area contributed by atoms with Gasteiger partial charge < -0.3 is 9.47 Å². The van der Waals surface area contributed by atoms with Crippen LogP contribution in [-0.4, -0.2) is 30.4 Å². The van der Waals surface area contributed by atoms with Gasteiger partial charge in [0.05, 0.1) is 17.6 Å². The van der Waals surface area contributed by atoms with Crippen molar-refractivity contribution in [2.24, 2.45) is 0 Å². The number of para-hydroxylation sites is 1. The Balaban J connectivity index is 3.11. The van der Waals surface area contributed by atoms with E-state index in [4.69, 9.17) is 4.74 Å². The van der Waals surface area contributed by atoms with Crippen LogP contribution >= 0.6 is 0 Å². The topological polar surface area (TPSA) is 95.7 Å². The van der Waals surface area contributed by atoms with Crippen LogP contribution in [0.3, 0.4) is 0 Å². The van der Waals surface area contributed by atoms with Crippen LogP contribution in [0.4, 0.5) is 5.69 Å². The zero-order valence-corrected chi connectivity index (χ0v) is 9.84. The molecule has 0 aliphatic carbocycles. The van der Waals surface area contributed by atoms with Gasteiger partial charge in [0.1, 0.15) is 0 Å². The number of nitro benzene ring substituents is 1. The van der Waals surface area contributed by atoms with E-state index in [1.54, 1.807) is 0 Å². The van der Waals surface area contributed by atoms with Gasteiger partial charge in [-0.05, 0) is 19.1 Å². The summed E-state index contributed by atoms with van der Waals surface area (Å²) in [5, 5.41) is 10.9. The number of ether oxygens (including phenoxy) is 2. The zero-order valence-electron chi connectivity index (χ0n) is 9.84. The molecule has 7 heteroatoms. The van der Waals surface area contributed by atoms with Crippen molar-refractivity contribution in [1.82, 2.24) is 0 Å². The second-order valence-corrected chi connectivity index (χ2v) is 3.33. The normalized spacial score (nSPS) is 9.67. The minimum absolute atomic E-state index is 0.0673. The molecule has 0 N–H and O–H groups in total. The SMILES string of the molecule is COC(=O)COc1cccc(C(C)=O)c1[N+](=O)[O-]. The highest BCUT2D eigenvalue weighted by atomic mass is 16.6. The Morgan fingerprint density at radius 3 is 2.56 bits per heavy atom. The van der Waals surface area contributed by atoms with Crippen LogP contribution in [0.25, 0.3) is 0 Å². The number of methoxy groups -OCH3 is 1. The molecule has 0 fully saturated rings. The number of nitro groups is 1. The molecule has 0 saturated heterocycles. The summed E-state index contributed by atoms with van der Waals surface area (Å²) in [6, 6.07) is 4.08. The van der Waals surface area contributed by atoms with E-state index in [1.165, 1.54) is 32.2 Å². The molecular weight excluding hydrogens is 242 g/mol. The number of carbonyl (C=O) groups is 2. The molecule has 0 aliphatic heterocycles. The summed E-state index contributed by atoms with van der Waals surface area (Å²) in [5.74, 6) is -1.26. The lowest BCUT2D eigenvalue weighted by Crippen LogP contribution is -2.14. The number of benzene rings is 1. The summed E-state index contributed by atoms with van der Waals surface area (Å²) in [6.45, 7) is 0.755. The minimum Gasteiger partial charge on any atom is -0.475 e. The van der Waals surface area contributed by atoms with Crippen molar-refractivity contribution in [2.45, 2.75) is 6.92 Å². The number of hydrogen-bond acceptors (Lipinski definition) is 6. The van der Waals surface area contributed by atoms with E-state index in [-0.39, 0.29) is 11.3 Å². The van der Waals surface area contributed by atoms with Gasteiger partial charge in [0.2, 0.25) is 0 Å². The Labute approximate surface area is 102 Å². The minimum atomic E-state index is -0.719. The van der Waals surface area contributed by atoms with Gasteiger partial charge in [0, 0.05) is 0 Å². The molecule has 96 valence electrons. The average Bonchev–Trinajstić information content (AvgIpc) is 2.34. The van der Waals surface area contributed by atoms with Crippen LogP contribution in [0.2, 0.25) is 0 Å². The van der Waals surface area contributed by atoms with Crippen LogP contribution in [0, 0.1) is 10.1 Å². The number of rotatable bonds is 5. The van der Waals surface area contributed by atoms with Crippen LogP contribution < -0.4 is 4.74 Å². The maximum absolute atomic E-state index is 11.3. The van der Waals surface area contributed by atoms with Crippen molar-refractivity contribution in [1.29, 1.82) is 0 Å². The van der Waals surface area contributed by atoms with Gasteiger partial charge in [-0.2, -0.15) is 0 Å². The fourth-order valence-electron chi connectivity index (χ4n) is 1.31. The van der Waals surface area contributed by atoms with Gasteiger partial charge in [0.15, 0.2) is 18.1 Å². The first-order valence-electron chi connectivity index (χ1n) is 4.95. The molecule has 7 nitrogen and oxygen atoms in total. The lowest BCUT2D eigenvalue weighted by Gasteiger charge is -2.07. The van der Waals surface area contributed by atoms with E-state index in [1.807, 2.05) is 0 Å². The molecule has 1 aromatic rings. The van der Waals surface area contributed by atoms with Crippen LogP contribution in [0.5, 0.6) is 5.75 Å². The van der Waals surface area contributed by atoms with E-state index in [0.29, 0.717) is 0 Å². The molecule has 1 aromatic carbocycles. The van der Waals surface area contributed by atoms with Crippen LogP contribution in [0.1, 0.15) is 17.3 Å². The number of ketones is 1. The van der Waals surface area contributed by atoms with Gasteiger partial charge in [-0.25, -0.2) is 4.79 Å². The van der Waals surface area contributed by atoms with Crippen LogP contribution in [0.15, 0.2) is 18.2 Å². The lowest BCUT2D eigenvalue weighted by molar-refractivity contribution is -0.386. The van der Waals surface area contributed by atoms with E-state index in [9.17, 15) is 19.7 Å². The zero-order chi connectivity index (χ0) is 13.7. The smallest absolute Gasteiger partial charge is 0.343 e. The molecule has 0 bridgehead atoms. The first-order chi connectivity index (χ1) is 8.47. The fourth-order valence-corrected chi connectivity index (χ4v) is 1.31. The van der Waals surface area contributed by atoms with Gasteiger partial charge in [0.25, 0.3) is 0 Å². The number of carbonyl (C=O) groups excluding carboxylic acids is 2. The molecule has 0 unspecified atom stereocenters. The number of esters is 1. The Hall–Kier alpha value is -2.44. The summed E-state index contributed by atoms with van der Waals surface area (Å²) in [6.07, 6.45) is 0. The molecular formula is C11H11NO6. The Morgan fingerprint density at radius 2 is 2.06 bits per heavy atom. The average molecular weight is 253 g/mol. The third-order valence-electron chi connectivity index (χ3n) is 2.13. The second kappa shape index (κ2) is 5.76. The third kappa shape index (κ3) is 3.03. The molecule has 0 amide bonds. The molecule has 18 heavy (non-hydrogen) atoms. The quantitative estimate of drug-likeness (QED) is 0.340. The van der Waals surface area contributed by atoms with Crippen LogP contribution in [-0.2, 0) is 9.53 Å². The van der Waals surface area contributed by atoms with Crippen molar-refractivity contribution >= 4 is 17.4 Å². The molecule has 0 radical (unpaired) electrons. The van der Waals surface area contributed by atoms with Crippen molar-refractivity contribution < 1.29 is 24.0 Å². The molecule has 0 atom stereocenters. The highest BCUT2D eigenvalue weighted by Gasteiger charge is 2.23. The van der Waals surface area contributed by atoms with E-state index < -0.39 is 29.0 Å². The number of hydrogen-bond donors (Lipinski definition) is 0. The summed E-state index contributed by atoms with van der Waals surface area (Å²) in [4.78, 5) is 32.4. The third-order valence-corrected chi connectivity index (χ3v) is 2.13. The number of Topliss-reactive ketones (excluding diaryl/α,β-unsaturated/α-hetero) is 1. The molecule has 0 spiro atoms. The maximum atomic E-state index is 11.3.